The van der Waals surface area contributed by atoms with Crippen molar-refractivity contribution >= 4 is 5.78 Å². The van der Waals surface area contributed by atoms with Crippen molar-refractivity contribution in [2.45, 2.75) is 125 Å². The number of hydrogen-bond acceptors (Lipinski definition) is 3. The van der Waals surface area contributed by atoms with Gasteiger partial charge in [-0.3, -0.25) is 4.79 Å². The third kappa shape index (κ3) is 3.62. The number of rotatable bonds is 4. The fraction of sp³-hybridized carbons (Fsp3) is 0.900. The average molecular weight is 459 g/mol. The van der Waals surface area contributed by atoms with Crippen molar-refractivity contribution in [3.8, 4) is 0 Å². The SMILES string of the molecule is CC(=CCC(O)C(C)(C)O)C1CCC2(C)C1CCC1C3(C)CCC(=O)C(C)(C)C3CCC12C. The fourth-order valence-corrected chi connectivity index (χ4v) is 9.83. The second-order valence-corrected chi connectivity index (χ2v) is 14.3. The zero-order valence-electron chi connectivity index (χ0n) is 22.6. The van der Waals surface area contributed by atoms with Gasteiger partial charge in [-0.25, -0.2) is 0 Å². The summed E-state index contributed by atoms with van der Waals surface area (Å²) >= 11 is 0. The van der Waals surface area contributed by atoms with Crippen LogP contribution in [0.3, 0.4) is 0 Å². The molecular weight excluding hydrogens is 408 g/mol. The van der Waals surface area contributed by atoms with Crippen molar-refractivity contribution in [1.29, 1.82) is 0 Å². The van der Waals surface area contributed by atoms with Crippen LogP contribution >= 0.6 is 0 Å². The van der Waals surface area contributed by atoms with Crippen LogP contribution in [0.15, 0.2) is 11.6 Å². The van der Waals surface area contributed by atoms with Crippen molar-refractivity contribution in [2.24, 2.45) is 45.3 Å². The molecule has 0 aromatic heterocycles. The molecule has 0 spiro atoms. The van der Waals surface area contributed by atoms with Gasteiger partial charge in [0.1, 0.15) is 5.78 Å². The highest BCUT2D eigenvalue weighted by Crippen LogP contribution is 2.75. The van der Waals surface area contributed by atoms with Crippen molar-refractivity contribution in [3.05, 3.63) is 11.6 Å². The van der Waals surface area contributed by atoms with Crippen LogP contribution < -0.4 is 0 Å². The molecule has 188 valence electrons. The second-order valence-electron chi connectivity index (χ2n) is 14.3. The molecule has 33 heavy (non-hydrogen) atoms. The first-order chi connectivity index (χ1) is 15.1. The molecule has 0 bridgehead atoms. The van der Waals surface area contributed by atoms with Crippen LogP contribution in [-0.2, 0) is 4.79 Å². The van der Waals surface area contributed by atoms with Crippen molar-refractivity contribution < 1.29 is 15.0 Å². The molecule has 8 atom stereocenters. The van der Waals surface area contributed by atoms with Crippen molar-refractivity contribution in [2.75, 3.05) is 0 Å². The van der Waals surface area contributed by atoms with Crippen LogP contribution in [0, 0.1) is 45.3 Å². The average Bonchev–Trinajstić information content (AvgIpc) is 3.07. The minimum Gasteiger partial charge on any atom is -0.390 e. The first kappa shape index (κ1) is 25.4. The molecule has 0 aromatic carbocycles. The summed E-state index contributed by atoms with van der Waals surface area (Å²) in [5, 5.41) is 20.5. The highest BCUT2D eigenvalue weighted by molar-refractivity contribution is 5.85. The van der Waals surface area contributed by atoms with Crippen LogP contribution in [-0.4, -0.2) is 27.7 Å². The Morgan fingerprint density at radius 2 is 1.64 bits per heavy atom. The molecule has 3 heteroatoms. The van der Waals surface area contributed by atoms with E-state index >= 15 is 0 Å². The predicted octanol–water partition coefficient (Wildman–Crippen LogP) is 6.71. The molecule has 0 aliphatic heterocycles. The van der Waals surface area contributed by atoms with Crippen LogP contribution in [0.1, 0.15) is 113 Å². The van der Waals surface area contributed by atoms with E-state index in [4.69, 9.17) is 0 Å². The first-order valence-electron chi connectivity index (χ1n) is 13.7. The summed E-state index contributed by atoms with van der Waals surface area (Å²) in [7, 11) is 0. The van der Waals surface area contributed by atoms with Crippen molar-refractivity contribution in [1.82, 2.24) is 0 Å². The van der Waals surface area contributed by atoms with Gasteiger partial charge in [0.15, 0.2) is 0 Å². The molecule has 0 aromatic rings. The number of Topliss-reactive ketones (excluding diaryl/α,β-unsaturated/α-hetero) is 1. The lowest BCUT2D eigenvalue weighted by atomic mass is 9.35. The van der Waals surface area contributed by atoms with Gasteiger partial charge in [0, 0.05) is 11.8 Å². The lowest BCUT2D eigenvalue weighted by Crippen LogP contribution is -2.63. The molecule has 0 heterocycles. The molecule has 4 aliphatic rings. The molecule has 4 aliphatic carbocycles. The van der Waals surface area contributed by atoms with Gasteiger partial charge in [-0.15, -0.1) is 0 Å². The van der Waals surface area contributed by atoms with Crippen LogP contribution in [0.5, 0.6) is 0 Å². The third-order valence-corrected chi connectivity index (χ3v) is 12.2. The second kappa shape index (κ2) is 7.92. The minimum atomic E-state index is -1.06. The predicted molar refractivity (Wildman–Crippen MR) is 135 cm³/mol. The van der Waals surface area contributed by atoms with E-state index in [9.17, 15) is 15.0 Å². The summed E-state index contributed by atoms with van der Waals surface area (Å²) in [6, 6.07) is 0. The van der Waals surface area contributed by atoms with Gasteiger partial charge in [0.25, 0.3) is 0 Å². The molecule has 4 saturated carbocycles. The molecule has 0 amide bonds. The van der Waals surface area contributed by atoms with Gasteiger partial charge >= 0.3 is 0 Å². The van der Waals surface area contributed by atoms with Crippen LogP contribution in [0.25, 0.3) is 0 Å². The van der Waals surface area contributed by atoms with E-state index in [1.807, 2.05) is 0 Å². The Hall–Kier alpha value is -0.670. The quantitative estimate of drug-likeness (QED) is 0.460. The molecule has 4 fully saturated rings. The Morgan fingerprint density at radius 1 is 1.00 bits per heavy atom. The lowest BCUT2D eigenvalue weighted by Gasteiger charge is -2.69. The zero-order valence-corrected chi connectivity index (χ0v) is 22.6. The maximum atomic E-state index is 12.8. The van der Waals surface area contributed by atoms with Gasteiger partial charge in [-0.2, -0.15) is 0 Å². The van der Waals surface area contributed by atoms with E-state index in [0.29, 0.717) is 46.7 Å². The molecule has 3 nitrogen and oxygen atoms in total. The summed E-state index contributed by atoms with van der Waals surface area (Å²) in [5.74, 6) is 3.01. The number of fused-ring (bicyclic) bond motifs is 5. The monoisotopic (exact) mass is 458 g/mol. The number of allylic oxidation sites excluding steroid dienone is 1. The van der Waals surface area contributed by atoms with E-state index in [-0.39, 0.29) is 10.8 Å². The molecule has 2 N–H and O–H groups in total. The summed E-state index contributed by atoms with van der Waals surface area (Å²) < 4.78 is 0. The summed E-state index contributed by atoms with van der Waals surface area (Å²) in [5.41, 5.74) is 1.13. The highest BCUT2D eigenvalue weighted by atomic mass is 16.3. The summed E-state index contributed by atoms with van der Waals surface area (Å²) in [4.78, 5) is 12.8. The molecule has 0 saturated heterocycles. The van der Waals surface area contributed by atoms with Gasteiger partial charge in [0.05, 0.1) is 11.7 Å². The molecule has 4 rings (SSSR count). The van der Waals surface area contributed by atoms with Crippen molar-refractivity contribution in [3.63, 3.8) is 0 Å². The molecule has 0 radical (unpaired) electrons. The van der Waals surface area contributed by atoms with Gasteiger partial charge in [-0.05, 0) is 112 Å². The summed E-state index contributed by atoms with van der Waals surface area (Å²) in [6.45, 7) is 17.9. The number of ketones is 1. The summed E-state index contributed by atoms with van der Waals surface area (Å²) in [6.07, 6.45) is 11.4. The van der Waals surface area contributed by atoms with Crippen LogP contribution in [0.4, 0.5) is 0 Å². The Labute approximate surface area is 202 Å². The topological polar surface area (TPSA) is 57.5 Å². The lowest BCUT2D eigenvalue weighted by molar-refractivity contribution is -0.201. The number of aliphatic hydroxyl groups is 2. The van der Waals surface area contributed by atoms with E-state index < -0.39 is 11.7 Å². The molecule has 8 unspecified atom stereocenters. The number of carbonyl (C=O) groups is 1. The minimum absolute atomic E-state index is 0.176. The molecular formula is C30H50O3. The Morgan fingerprint density at radius 3 is 2.27 bits per heavy atom. The van der Waals surface area contributed by atoms with Crippen LogP contribution in [0.2, 0.25) is 0 Å². The van der Waals surface area contributed by atoms with Gasteiger partial charge in [-0.1, -0.05) is 46.3 Å². The maximum Gasteiger partial charge on any atom is 0.138 e. The standard InChI is InChI=1S/C30H50O3/c1-19(9-12-25(32)27(4,5)33)20-13-17-29(7)21(20)10-11-23-28(6)16-15-24(31)26(2,3)22(28)14-18-30(23,29)8/h9,20-23,25,32-33H,10-18H2,1-8H3. The highest BCUT2D eigenvalue weighted by Gasteiger charge is 2.68. The normalized spacial score (nSPS) is 46.4. The van der Waals surface area contributed by atoms with E-state index in [1.54, 1.807) is 13.8 Å². The third-order valence-electron chi connectivity index (χ3n) is 12.2. The fourth-order valence-electron chi connectivity index (χ4n) is 9.83. The smallest absolute Gasteiger partial charge is 0.138 e. The van der Waals surface area contributed by atoms with E-state index in [2.05, 4.69) is 47.6 Å². The van der Waals surface area contributed by atoms with Gasteiger partial charge in [0.2, 0.25) is 0 Å². The zero-order chi connectivity index (χ0) is 24.6. The van der Waals surface area contributed by atoms with E-state index in [0.717, 1.165) is 12.8 Å². The Bertz CT molecular complexity index is 819. The number of aliphatic hydroxyl groups excluding tert-OH is 1. The van der Waals surface area contributed by atoms with E-state index in [1.165, 1.54) is 44.1 Å². The number of carbonyl (C=O) groups excluding carboxylic acids is 1. The number of hydrogen-bond donors (Lipinski definition) is 2. The first-order valence-corrected chi connectivity index (χ1v) is 13.7. The Balaban J connectivity index is 1.60. The largest absolute Gasteiger partial charge is 0.390 e. The Kier molecular flexibility index (Phi) is 6.10. The maximum absolute atomic E-state index is 12.8. The van der Waals surface area contributed by atoms with Gasteiger partial charge < -0.3 is 10.2 Å².